The van der Waals surface area contributed by atoms with Crippen molar-refractivity contribution in [1.29, 1.82) is 0 Å². The Bertz CT molecular complexity index is 473. The van der Waals surface area contributed by atoms with Gasteiger partial charge in [-0.2, -0.15) is 0 Å². The van der Waals surface area contributed by atoms with Crippen molar-refractivity contribution in [3.63, 3.8) is 0 Å². The second-order valence-electron chi connectivity index (χ2n) is 6.07. The molecule has 0 spiro atoms. The highest BCUT2D eigenvalue weighted by Crippen LogP contribution is 2.31. The van der Waals surface area contributed by atoms with Crippen molar-refractivity contribution in [2.24, 2.45) is 11.3 Å². The molecule has 0 N–H and O–H groups in total. The lowest BCUT2D eigenvalue weighted by molar-refractivity contribution is -0.157. The average Bonchev–Trinajstić information content (AvgIpc) is 2.38. The summed E-state index contributed by atoms with van der Waals surface area (Å²) in [7, 11) is 0. The third-order valence-electron chi connectivity index (χ3n) is 3.25. The van der Waals surface area contributed by atoms with Crippen LogP contribution in [-0.4, -0.2) is 24.6 Å². The van der Waals surface area contributed by atoms with Crippen LogP contribution in [0.5, 0.6) is 0 Å². The predicted molar refractivity (Wildman–Crippen MR) is 80.9 cm³/mol. The van der Waals surface area contributed by atoms with E-state index in [-0.39, 0.29) is 11.4 Å². The molecule has 0 saturated heterocycles. The first-order valence-corrected chi connectivity index (χ1v) is 7.20. The molecule has 4 heteroatoms. The third kappa shape index (κ3) is 4.88. The van der Waals surface area contributed by atoms with Gasteiger partial charge < -0.3 is 9.47 Å². The van der Waals surface area contributed by atoms with E-state index < -0.39 is 18.0 Å². The standard InChI is InChI=1S/C17H24O4/c1-6-20-16(19)14(17(3,4)5)12(2)21-15(18)13-10-8-7-9-11-13/h7-12,14H,6H2,1-5H3. The molecule has 2 unspecified atom stereocenters. The van der Waals surface area contributed by atoms with Crippen LogP contribution in [-0.2, 0) is 14.3 Å². The molecule has 4 nitrogen and oxygen atoms in total. The summed E-state index contributed by atoms with van der Waals surface area (Å²) in [6.45, 7) is 9.60. The Morgan fingerprint density at radius 3 is 2.19 bits per heavy atom. The summed E-state index contributed by atoms with van der Waals surface area (Å²) in [5, 5.41) is 0. The van der Waals surface area contributed by atoms with Crippen LogP contribution in [0.4, 0.5) is 0 Å². The number of esters is 2. The zero-order valence-corrected chi connectivity index (χ0v) is 13.4. The predicted octanol–water partition coefficient (Wildman–Crippen LogP) is 3.46. The second kappa shape index (κ2) is 7.25. The van der Waals surface area contributed by atoms with Crippen LogP contribution < -0.4 is 0 Å². The molecule has 0 radical (unpaired) electrons. The first kappa shape index (κ1) is 17.2. The molecule has 1 aromatic carbocycles. The monoisotopic (exact) mass is 292 g/mol. The number of ether oxygens (including phenoxy) is 2. The van der Waals surface area contributed by atoms with Gasteiger partial charge in [0.15, 0.2) is 0 Å². The van der Waals surface area contributed by atoms with Crippen molar-refractivity contribution in [2.45, 2.75) is 40.7 Å². The van der Waals surface area contributed by atoms with E-state index in [9.17, 15) is 9.59 Å². The fourth-order valence-electron chi connectivity index (χ4n) is 2.36. The highest BCUT2D eigenvalue weighted by molar-refractivity contribution is 5.89. The number of carbonyl (C=O) groups is 2. The Labute approximate surface area is 126 Å². The summed E-state index contributed by atoms with van der Waals surface area (Å²) in [6.07, 6.45) is -0.559. The Morgan fingerprint density at radius 2 is 1.71 bits per heavy atom. The molecular formula is C17H24O4. The van der Waals surface area contributed by atoms with Crippen molar-refractivity contribution < 1.29 is 19.1 Å². The number of benzene rings is 1. The first-order chi connectivity index (χ1) is 9.77. The maximum atomic E-state index is 12.1. The van der Waals surface area contributed by atoms with Crippen molar-refractivity contribution in [3.8, 4) is 0 Å². The zero-order valence-electron chi connectivity index (χ0n) is 13.4. The molecule has 0 aromatic heterocycles. The number of carbonyl (C=O) groups excluding carboxylic acids is 2. The lowest BCUT2D eigenvalue weighted by atomic mass is 9.77. The van der Waals surface area contributed by atoms with Gasteiger partial charge in [0.1, 0.15) is 6.10 Å². The third-order valence-corrected chi connectivity index (χ3v) is 3.25. The van der Waals surface area contributed by atoms with Gasteiger partial charge in [0.2, 0.25) is 0 Å². The molecule has 0 aliphatic rings. The Kier molecular flexibility index (Phi) is 5.94. The number of hydrogen-bond donors (Lipinski definition) is 0. The summed E-state index contributed by atoms with van der Waals surface area (Å²) in [6, 6.07) is 8.75. The molecule has 0 bridgehead atoms. The van der Waals surface area contributed by atoms with Crippen LogP contribution >= 0.6 is 0 Å². The summed E-state index contributed by atoms with van der Waals surface area (Å²) in [4.78, 5) is 24.2. The lowest BCUT2D eigenvalue weighted by Gasteiger charge is -2.32. The van der Waals surface area contributed by atoms with Gasteiger partial charge in [-0.1, -0.05) is 39.0 Å². The van der Waals surface area contributed by atoms with Gasteiger partial charge in [0.25, 0.3) is 0 Å². The summed E-state index contributed by atoms with van der Waals surface area (Å²) in [5.74, 6) is -1.27. The molecule has 2 atom stereocenters. The van der Waals surface area contributed by atoms with Gasteiger partial charge in [-0.3, -0.25) is 4.79 Å². The minimum atomic E-state index is -0.559. The van der Waals surface area contributed by atoms with Gasteiger partial charge in [0.05, 0.1) is 18.1 Å². The van der Waals surface area contributed by atoms with Crippen molar-refractivity contribution in [3.05, 3.63) is 35.9 Å². The van der Waals surface area contributed by atoms with E-state index in [1.807, 2.05) is 26.8 Å². The van der Waals surface area contributed by atoms with E-state index in [0.717, 1.165) is 0 Å². The van der Waals surface area contributed by atoms with Gasteiger partial charge in [0, 0.05) is 0 Å². The molecule has 21 heavy (non-hydrogen) atoms. The fraction of sp³-hybridized carbons (Fsp3) is 0.529. The van der Waals surface area contributed by atoms with E-state index in [2.05, 4.69) is 0 Å². The van der Waals surface area contributed by atoms with Crippen LogP contribution in [0.2, 0.25) is 0 Å². The van der Waals surface area contributed by atoms with Crippen LogP contribution in [0.15, 0.2) is 30.3 Å². The Balaban J connectivity index is 2.84. The Hall–Kier alpha value is -1.84. The first-order valence-electron chi connectivity index (χ1n) is 7.20. The molecule has 0 fully saturated rings. The minimum absolute atomic E-state index is 0.310. The van der Waals surface area contributed by atoms with Crippen LogP contribution in [0.25, 0.3) is 0 Å². The largest absolute Gasteiger partial charge is 0.466 e. The van der Waals surface area contributed by atoms with E-state index in [0.29, 0.717) is 12.2 Å². The molecule has 0 amide bonds. The molecule has 0 aliphatic heterocycles. The summed E-state index contributed by atoms with van der Waals surface area (Å²) < 4.78 is 10.6. The topological polar surface area (TPSA) is 52.6 Å². The molecule has 0 aliphatic carbocycles. The van der Waals surface area contributed by atoms with Crippen molar-refractivity contribution >= 4 is 11.9 Å². The van der Waals surface area contributed by atoms with Gasteiger partial charge in [-0.15, -0.1) is 0 Å². The number of hydrogen-bond acceptors (Lipinski definition) is 4. The smallest absolute Gasteiger partial charge is 0.338 e. The molecule has 116 valence electrons. The molecule has 0 saturated carbocycles. The molecule has 1 rings (SSSR count). The normalized spacial score (nSPS) is 14.1. The average molecular weight is 292 g/mol. The van der Waals surface area contributed by atoms with E-state index in [1.165, 1.54) is 0 Å². The molecular weight excluding hydrogens is 268 g/mol. The van der Waals surface area contributed by atoms with Gasteiger partial charge >= 0.3 is 11.9 Å². The minimum Gasteiger partial charge on any atom is -0.466 e. The van der Waals surface area contributed by atoms with Crippen molar-refractivity contribution in [2.75, 3.05) is 6.61 Å². The van der Waals surface area contributed by atoms with Gasteiger partial charge in [-0.05, 0) is 31.4 Å². The number of rotatable bonds is 5. The van der Waals surface area contributed by atoms with Gasteiger partial charge in [-0.25, -0.2) is 4.79 Å². The van der Waals surface area contributed by atoms with Crippen LogP contribution in [0.3, 0.4) is 0 Å². The summed E-state index contributed by atoms with van der Waals surface area (Å²) >= 11 is 0. The van der Waals surface area contributed by atoms with Crippen LogP contribution in [0, 0.1) is 11.3 Å². The second-order valence-corrected chi connectivity index (χ2v) is 6.07. The van der Waals surface area contributed by atoms with Crippen molar-refractivity contribution in [1.82, 2.24) is 0 Å². The zero-order chi connectivity index (χ0) is 16.0. The maximum Gasteiger partial charge on any atom is 0.338 e. The highest BCUT2D eigenvalue weighted by atomic mass is 16.6. The molecule has 1 aromatic rings. The van der Waals surface area contributed by atoms with Crippen LogP contribution in [0.1, 0.15) is 45.0 Å². The molecule has 0 heterocycles. The maximum absolute atomic E-state index is 12.1. The highest BCUT2D eigenvalue weighted by Gasteiger charge is 2.39. The summed E-state index contributed by atoms with van der Waals surface area (Å²) in [5.41, 5.74) is 0.115. The fourth-order valence-corrected chi connectivity index (χ4v) is 2.36. The van der Waals surface area contributed by atoms with E-state index >= 15 is 0 Å². The van der Waals surface area contributed by atoms with E-state index in [1.54, 1.807) is 38.1 Å². The Morgan fingerprint density at radius 1 is 1.14 bits per heavy atom. The van der Waals surface area contributed by atoms with E-state index in [4.69, 9.17) is 9.47 Å². The quantitative estimate of drug-likeness (QED) is 0.780. The SMILES string of the molecule is CCOC(=O)C(C(C)OC(=O)c1ccccc1)C(C)(C)C. The lowest BCUT2D eigenvalue weighted by Crippen LogP contribution is -2.40.